The fraction of sp³-hybridized carbons (Fsp3) is 0.611. The Balaban J connectivity index is 1.80. The maximum atomic E-state index is 13.1. The number of nitrogens with one attached hydrogen (secondary N) is 1. The molecule has 0 aromatic heterocycles. The molecule has 0 amide bonds. The molecule has 2 fully saturated rings. The number of rotatable bonds is 3. The lowest BCUT2D eigenvalue weighted by Crippen LogP contribution is -2.40. The number of halogens is 1. The lowest BCUT2D eigenvalue weighted by Gasteiger charge is -2.35. The Morgan fingerprint density at radius 1 is 1.23 bits per heavy atom. The number of ketones is 1. The highest BCUT2D eigenvalue weighted by atomic mass is 35.5. The lowest BCUT2D eigenvalue weighted by molar-refractivity contribution is -0.133. The van der Waals surface area contributed by atoms with Gasteiger partial charge in [-0.05, 0) is 43.4 Å². The van der Waals surface area contributed by atoms with Gasteiger partial charge >= 0.3 is 0 Å². The van der Waals surface area contributed by atoms with Gasteiger partial charge in [-0.2, -0.15) is 0 Å². The van der Waals surface area contributed by atoms with Crippen LogP contribution < -0.4 is 5.32 Å². The number of carbonyl (C=O) groups is 1. The molecular weight excluding hydrogens is 298 g/mol. The molecule has 22 heavy (non-hydrogen) atoms. The van der Waals surface area contributed by atoms with Crippen LogP contribution in [-0.4, -0.2) is 30.1 Å². The summed E-state index contributed by atoms with van der Waals surface area (Å²) in [5.41, 5.74) is 0.821. The quantitative estimate of drug-likeness (QED) is 0.899. The molecule has 4 heteroatoms. The fourth-order valence-electron chi connectivity index (χ4n) is 4.07. The van der Waals surface area contributed by atoms with E-state index in [1.165, 1.54) is 5.56 Å². The average molecular weight is 322 g/mol. The van der Waals surface area contributed by atoms with Crippen LogP contribution in [0.3, 0.4) is 0 Å². The molecule has 1 saturated heterocycles. The molecule has 1 aliphatic heterocycles. The summed E-state index contributed by atoms with van der Waals surface area (Å²) >= 11 is 5.98. The summed E-state index contributed by atoms with van der Waals surface area (Å²) in [6, 6.07) is 7.88. The number of carbonyl (C=O) groups excluding carboxylic acids is 1. The predicted octanol–water partition coefficient (Wildman–Crippen LogP) is 3.15. The van der Waals surface area contributed by atoms with Crippen molar-refractivity contribution in [2.75, 3.05) is 13.1 Å². The summed E-state index contributed by atoms with van der Waals surface area (Å²) in [5, 5.41) is 13.8. The van der Waals surface area contributed by atoms with Crippen LogP contribution in [0.15, 0.2) is 24.3 Å². The Bertz CT molecular complexity index is 537. The van der Waals surface area contributed by atoms with E-state index in [4.69, 9.17) is 11.6 Å². The lowest BCUT2D eigenvalue weighted by atomic mass is 9.67. The number of aliphatic hydroxyl groups excluding tert-OH is 1. The van der Waals surface area contributed by atoms with E-state index in [9.17, 15) is 9.90 Å². The van der Waals surface area contributed by atoms with Crippen molar-refractivity contribution >= 4 is 17.4 Å². The Labute approximate surface area is 137 Å². The topological polar surface area (TPSA) is 49.3 Å². The molecule has 1 aliphatic carbocycles. The highest BCUT2D eigenvalue weighted by Gasteiger charge is 2.47. The van der Waals surface area contributed by atoms with Gasteiger partial charge in [-0.15, -0.1) is 0 Å². The van der Waals surface area contributed by atoms with E-state index in [-0.39, 0.29) is 23.4 Å². The second kappa shape index (κ2) is 6.31. The maximum Gasteiger partial charge on any atom is 0.143 e. The number of hydrogen-bond acceptors (Lipinski definition) is 3. The molecule has 2 aliphatic rings. The van der Waals surface area contributed by atoms with E-state index in [1.54, 1.807) is 0 Å². The molecule has 3 nitrogen and oxygen atoms in total. The van der Waals surface area contributed by atoms with Crippen molar-refractivity contribution in [1.29, 1.82) is 0 Å². The van der Waals surface area contributed by atoms with Gasteiger partial charge in [0.1, 0.15) is 5.78 Å². The molecule has 0 bridgehead atoms. The van der Waals surface area contributed by atoms with Gasteiger partial charge in [0, 0.05) is 35.4 Å². The van der Waals surface area contributed by atoms with E-state index < -0.39 is 0 Å². The van der Waals surface area contributed by atoms with Crippen LogP contribution in [-0.2, 0) is 4.79 Å². The van der Waals surface area contributed by atoms with E-state index in [2.05, 4.69) is 12.2 Å². The summed E-state index contributed by atoms with van der Waals surface area (Å²) in [6.07, 6.45) is 2.94. The van der Waals surface area contributed by atoms with Crippen LogP contribution in [0.4, 0.5) is 0 Å². The average Bonchev–Trinajstić information content (AvgIpc) is 2.91. The molecule has 1 heterocycles. The number of benzene rings is 1. The third-order valence-corrected chi connectivity index (χ3v) is 5.76. The van der Waals surface area contributed by atoms with Crippen LogP contribution in [0.1, 0.15) is 44.1 Å². The molecule has 0 unspecified atom stereocenters. The van der Waals surface area contributed by atoms with Gasteiger partial charge in [0.2, 0.25) is 0 Å². The molecular formula is C18H24ClNO2. The second-order valence-electron chi connectivity index (χ2n) is 7.02. The van der Waals surface area contributed by atoms with Crippen LogP contribution >= 0.6 is 11.6 Å². The number of aliphatic hydroxyl groups is 1. The van der Waals surface area contributed by atoms with Gasteiger partial charge in [0.05, 0.1) is 6.10 Å². The van der Waals surface area contributed by atoms with E-state index in [1.807, 2.05) is 24.3 Å². The van der Waals surface area contributed by atoms with Crippen LogP contribution in [0.5, 0.6) is 0 Å². The Hall–Kier alpha value is -0.900. The van der Waals surface area contributed by atoms with Crippen LogP contribution in [0.25, 0.3) is 0 Å². The molecule has 0 radical (unpaired) electrons. The van der Waals surface area contributed by atoms with Crippen molar-refractivity contribution in [3.8, 4) is 0 Å². The van der Waals surface area contributed by atoms with Gasteiger partial charge in [-0.25, -0.2) is 0 Å². The first-order valence-corrected chi connectivity index (χ1v) is 8.57. The molecule has 2 N–H and O–H groups in total. The van der Waals surface area contributed by atoms with Crippen molar-refractivity contribution < 1.29 is 9.90 Å². The van der Waals surface area contributed by atoms with Crippen molar-refractivity contribution in [1.82, 2.24) is 5.32 Å². The Kier molecular flexibility index (Phi) is 4.58. The summed E-state index contributed by atoms with van der Waals surface area (Å²) in [6.45, 7) is 3.66. The SMILES string of the molecule is C[C@@]1(C(=O)C2CCC(O)CC2)CNC[C@@H]1c1ccc(Cl)cc1. The summed E-state index contributed by atoms with van der Waals surface area (Å²) < 4.78 is 0. The summed E-state index contributed by atoms with van der Waals surface area (Å²) in [5.74, 6) is 0.663. The smallest absolute Gasteiger partial charge is 0.143 e. The van der Waals surface area contributed by atoms with Gasteiger partial charge in [-0.1, -0.05) is 30.7 Å². The monoisotopic (exact) mass is 321 g/mol. The zero-order valence-electron chi connectivity index (χ0n) is 13.0. The first-order chi connectivity index (χ1) is 10.5. The minimum absolute atomic E-state index is 0.100. The van der Waals surface area contributed by atoms with E-state index >= 15 is 0 Å². The van der Waals surface area contributed by atoms with Crippen molar-refractivity contribution in [2.45, 2.75) is 44.6 Å². The highest BCUT2D eigenvalue weighted by Crippen LogP contribution is 2.43. The third kappa shape index (κ3) is 2.94. The fourth-order valence-corrected chi connectivity index (χ4v) is 4.19. The first-order valence-electron chi connectivity index (χ1n) is 8.19. The van der Waals surface area contributed by atoms with Gasteiger partial charge in [0.15, 0.2) is 0 Å². The van der Waals surface area contributed by atoms with Gasteiger partial charge in [0.25, 0.3) is 0 Å². The zero-order chi connectivity index (χ0) is 15.7. The minimum Gasteiger partial charge on any atom is -0.393 e. The van der Waals surface area contributed by atoms with Crippen LogP contribution in [0.2, 0.25) is 5.02 Å². The number of Topliss-reactive ketones (excluding diaryl/α,β-unsaturated/α-hetero) is 1. The standard InChI is InChI=1S/C18H24ClNO2/c1-18(17(22)13-4-8-15(21)9-5-13)11-20-10-16(18)12-2-6-14(19)7-3-12/h2-3,6-7,13,15-16,20-21H,4-5,8-11H2,1H3/t13?,15?,16-,18-/m1/s1. The van der Waals surface area contributed by atoms with E-state index in [0.29, 0.717) is 5.78 Å². The first kappa shape index (κ1) is 16.0. The third-order valence-electron chi connectivity index (χ3n) is 5.51. The molecule has 120 valence electrons. The molecule has 1 aromatic rings. The summed E-state index contributed by atoms with van der Waals surface area (Å²) in [7, 11) is 0. The molecule has 1 saturated carbocycles. The maximum absolute atomic E-state index is 13.1. The second-order valence-corrected chi connectivity index (χ2v) is 7.46. The van der Waals surface area contributed by atoms with Crippen molar-refractivity contribution in [3.05, 3.63) is 34.9 Å². The zero-order valence-corrected chi connectivity index (χ0v) is 13.8. The summed E-state index contributed by atoms with van der Waals surface area (Å²) in [4.78, 5) is 13.1. The highest BCUT2D eigenvalue weighted by molar-refractivity contribution is 6.30. The van der Waals surface area contributed by atoms with Gasteiger partial charge in [-0.3, -0.25) is 4.79 Å². The van der Waals surface area contributed by atoms with Crippen molar-refractivity contribution in [2.24, 2.45) is 11.3 Å². The van der Waals surface area contributed by atoms with Crippen molar-refractivity contribution in [3.63, 3.8) is 0 Å². The normalized spacial score (nSPS) is 35.5. The van der Waals surface area contributed by atoms with E-state index in [0.717, 1.165) is 43.8 Å². The molecule has 3 rings (SSSR count). The molecule has 1 aromatic carbocycles. The minimum atomic E-state index is -0.360. The number of hydrogen-bond donors (Lipinski definition) is 2. The van der Waals surface area contributed by atoms with Crippen LogP contribution in [0, 0.1) is 11.3 Å². The Morgan fingerprint density at radius 3 is 2.50 bits per heavy atom. The Morgan fingerprint density at radius 2 is 1.86 bits per heavy atom. The largest absolute Gasteiger partial charge is 0.393 e. The molecule has 0 spiro atoms. The predicted molar refractivity (Wildman–Crippen MR) is 88.1 cm³/mol. The van der Waals surface area contributed by atoms with Gasteiger partial charge < -0.3 is 10.4 Å². The molecule has 2 atom stereocenters.